The van der Waals surface area contributed by atoms with Gasteiger partial charge in [0.2, 0.25) is 0 Å². The van der Waals surface area contributed by atoms with Crippen LogP contribution in [0, 0.1) is 6.57 Å². The molecule has 9 aromatic carbocycles. The van der Waals surface area contributed by atoms with Crippen LogP contribution in [0.1, 0.15) is 0 Å². The lowest BCUT2D eigenvalue weighted by Gasteiger charge is -2.20. The first kappa shape index (κ1) is 30.6. The van der Waals surface area contributed by atoms with Crippen molar-refractivity contribution in [3.63, 3.8) is 0 Å². The Kier molecular flexibility index (Phi) is 7.23. The van der Waals surface area contributed by atoms with Gasteiger partial charge in [0, 0.05) is 16.5 Å². The van der Waals surface area contributed by atoms with Crippen LogP contribution >= 0.6 is 0 Å². The molecular weight excluding hydrogens is 641 g/mol. The second kappa shape index (κ2) is 12.5. The van der Waals surface area contributed by atoms with Crippen LogP contribution in [0.3, 0.4) is 0 Å². The van der Waals surface area contributed by atoms with Crippen molar-refractivity contribution in [3.8, 4) is 50.2 Å². The fraction of sp³-hybridized carbons (Fsp3) is 0. The molecule has 0 atom stereocenters. The van der Waals surface area contributed by atoms with Crippen molar-refractivity contribution in [2.75, 3.05) is 0 Å². The van der Waals surface area contributed by atoms with E-state index in [4.69, 9.17) is 6.57 Å². The summed E-state index contributed by atoms with van der Waals surface area (Å²) in [5, 5.41) is 7.34. The first-order valence-electron chi connectivity index (χ1n) is 18.0. The molecule has 2 heteroatoms. The third kappa shape index (κ3) is 4.94. The molecule has 10 rings (SSSR count). The molecule has 0 aliphatic rings. The molecule has 0 N–H and O–H groups in total. The molecule has 0 saturated heterocycles. The average Bonchev–Trinajstić information content (AvgIpc) is 3.57. The molecule has 246 valence electrons. The van der Waals surface area contributed by atoms with E-state index in [-0.39, 0.29) is 0 Å². The lowest BCUT2D eigenvalue weighted by atomic mass is 9.83. The van der Waals surface area contributed by atoms with E-state index < -0.39 is 0 Å². The van der Waals surface area contributed by atoms with Gasteiger partial charge in [0.25, 0.3) is 0 Å². The highest BCUT2D eigenvalue weighted by atomic mass is 15.0. The van der Waals surface area contributed by atoms with Crippen molar-refractivity contribution in [3.05, 3.63) is 206 Å². The van der Waals surface area contributed by atoms with E-state index in [0.29, 0.717) is 5.69 Å². The second-order valence-electron chi connectivity index (χ2n) is 13.5. The Hall–Kier alpha value is -7.21. The van der Waals surface area contributed by atoms with Gasteiger partial charge >= 0.3 is 0 Å². The summed E-state index contributed by atoms with van der Waals surface area (Å²) in [5.41, 5.74) is 13.0. The van der Waals surface area contributed by atoms with Crippen molar-refractivity contribution < 1.29 is 0 Å². The predicted molar refractivity (Wildman–Crippen MR) is 224 cm³/mol. The minimum absolute atomic E-state index is 0.628. The summed E-state index contributed by atoms with van der Waals surface area (Å²) >= 11 is 0. The third-order valence-corrected chi connectivity index (χ3v) is 10.6. The van der Waals surface area contributed by atoms with Crippen LogP contribution in [0.5, 0.6) is 0 Å². The van der Waals surface area contributed by atoms with Crippen LogP contribution < -0.4 is 0 Å². The predicted octanol–water partition coefficient (Wildman–Crippen LogP) is 14.3. The van der Waals surface area contributed by atoms with Gasteiger partial charge in [-0.05, 0) is 96.4 Å². The molecule has 0 bridgehead atoms. The van der Waals surface area contributed by atoms with Gasteiger partial charge in [0.05, 0.1) is 17.6 Å². The van der Waals surface area contributed by atoms with Crippen LogP contribution in [0.4, 0.5) is 5.69 Å². The molecule has 1 heterocycles. The number of rotatable bonds is 5. The Labute approximate surface area is 308 Å². The van der Waals surface area contributed by atoms with Crippen molar-refractivity contribution in [2.24, 2.45) is 0 Å². The molecule has 0 radical (unpaired) electrons. The standard InChI is InChI=1S/C51H32N2/c1-52-47-33-37(53-48-28-13-11-21-40(48)41-22-12-14-29-49(41)53)30-31-39(47)36-19-15-18-35(32-36)38-20-5-6-23-42(38)51-45-26-9-7-24-43(45)50(34-16-3-2-4-17-34)44-25-8-10-27-46(44)51/h2-33H. The van der Waals surface area contributed by atoms with Crippen LogP contribution in [0.15, 0.2) is 194 Å². The largest absolute Gasteiger partial charge is 0.311 e. The Balaban J connectivity index is 1.14. The summed E-state index contributed by atoms with van der Waals surface area (Å²) in [6, 6.07) is 69.0. The number of benzene rings is 9. The lowest BCUT2D eigenvalue weighted by Crippen LogP contribution is -1.94. The quantitative estimate of drug-likeness (QED) is 0.127. The minimum atomic E-state index is 0.628. The molecule has 53 heavy (non-hydrogen) atoms. The van der Waals surface area contributed by atoms with Gasteiger partial charge in [-0.2, -0.15) is 0 Å². The third-order valence-electron chi connectivity index (χ3n) is 10.6. The monoisotopic (exact) mass is 672 g/mol. The molecule has 0 aliphatic carbocycles. The summed E-state index contributed by atoms with van der Waals surface area (Å²) in [6.45, 7) is 8.29. The zero-order chi connectivity index (χ0) is 35.3. The maximum atomic E-state index is 8.29. The molecule has 0 fully saturated rings. The summed E-state index contributed by atoms with van der Waals surface area (Å²) in [4.78, 5) is 4.08. The lowest BCUT2D eigenvalue weighted by molar-refractivity contribution is 1.18. The topological polar surface area (TPSA) is 9.29 Å². The van der Waals surface area contributed by atoms with Gasteiger partial charge in [-0.3, -0.25) is 0 Å². The number of aromatic nitrogens is 1. The summed E-state index contributed by atoms with van der Waals surface area (Å²) < 4.78 is 2.27. The van der Waals surface area contributed by atoms with Crippen molar-refractivity contribution in [1.29, 1.82) is 0 Å². The number of hydrogen-bond donors (Lipinski definition) is 0. The fourth-order valence-electron chi connectivity index (χ4n) is 8.34. The van der Waals surface area contributed by atoms with E-state index in [1.807, 2.05) is 6.07 Å². The summed E-state index contributed by atoms with van der Waals surface area (Å²) in [7, 11) is 0. The Morgan fingerprint density at radius 3 is 1.42 bits per heavy atom. The van der Waals surface area contributed by atoms with E-state index in [2.05, 4.69) is 197 Å². The highest BCUT2D eigenvalue weighted by molar-refractivity contribution is 6.22. The molecule has 2 nitrogen and oxygen atoms in total. The van der Waals surface area contributed by atoms with Crippen molar-refractivity contribution in [1.82, 2.24) is 4.57 Å². The fourth-order valence-corrected chi connectivity index (χ4v) is 8.34. The van der Waals surface area contributed by atoms with Gasteiger partial charge < -0.3 is 4.57 Å². The molecule has 0 aliphatic heterocycles. The first-order valence-corrected chi connectivity index (χ1v) is 18.0. The highest BCUT2D eigenvalue weighted by Gasteiger charge is 2.19. The maximum Gasteiger partial charge on any atom is 0.196 e. The van der Waals surface area contributed by atoms with Crippen LogP contribution in [-0.2, 0) is 0 Å². The Bertz CT molecular complexity index is 2960. The van der Waals surface area contributed by atoms with E-state index in [1.165, 1.54) is 54.6 Å². The van der Waals surface area contributed by atoms with Gasteiger partial charge in [-0.15, -0.1) is 0 Å². The molecule has 0 unspecified atom stereocenters. The number of hydrogen-bond acceptors (Lipinski definition) is 0. The van der Waals surface area contributed by atoms with Gasteiger partial charge in [0.1, 0.15) is 0 Å². The summed E-state index contributed by atoms with van der Waals surface area (Å²) in [5.74, 6) is 0. The van der Waals surface area contributed by atoms with E-state index >= 15 is 0 Å². The van der Waals surface area contributed by atoms with E-state index in [9.17, 15) is 0 Å². The normalized spacial score (nSPS) is 11.4. The van der Waals surface area contributed by atoms with Crippen molar-refractivity contribution in [2.45, 2.75) is 0 Å². The number of para-hydroxylation sites is 2. The smallest absolute Gasteiger partial charge is 0.196 e. The zero-order valence-electron chi connectivity index (χ0n) is 28.9. The van der Waals surface area contributed by atoms with Crippen molar-refractivity contribution >= 4 is 49.0 Å². The van der Waals surface area contributed by atoms with Gasteiger partial charge in [0.15, 0.2) is 5.69 Å². The molecule has 0 amide bonds. The van der Waals surface area contributed by atoms with Crippen LogP contribution in [0.2, 0.25) is 0 Å². The van der Waals surface area contributed by atoms with Crippen LogP contribution in [0.25, 0.3) is 98.4 Å². The summed E-state index contributed by atoms with van der Waals surface area (Å²) in [6.07, 6.45) is 0. The molecule has 10 aromatic rings. The van der Waals surface area contributed by atoms with Gasteiger partial charge in [-0.25, -0.2) is 4.85 Å². The molecular formula is C51H32N2. The number of nitrogens with zero attached hydrogens (tertiary/aromatic N) is 2. The average molecular weight is 673 g/mol. The minimum Gasteiger partial charge on any atom is -0.311 e. The Morgan fingerprint density at radius 1 is 0.340 bits per heavy atom. The second-order valence-corrected chi connectivity index (χ2v) is 13.5. The Morgan fingerprint density at radius 2 is 0.811 bits per heavy atom. The van der Waals surface area contributed by atoms with Gasteiger partial charge in [-0.1, -0.05) is 164 Å². The SMILES string of the molecule is [C-]#[N+]c1cc(-n2c3ccccc3c3ccccc32)ccc1-c1cccc(-c2ccccc2-c2c3ccccc3c(-c3ccccc3)c3ccccc23)c1. The molecule has 1 aromatic heterocycles. The zero-order valence-corrected chi connectivity index (χ0v) is 28.9. The van der Waals surface area contributed by atoms with E-state index in [1.54, 1.807) is 0 Å². The van der Waals surface area contributed by atoms with Crippen LogP contribution in [-0.4, -0.2) is 4.57 Å². The molecule has 0 spiro atoms. The van der Waals surface area contributed by atoms with E-state index in [0.717, 1.165) is 39.0 Å². The number of fused-ring (bicyclic) bond motifs is 5. The maximum absolute atomic E-state index is 8.29. The first-order chi connectivity index (χ1) is 26.3. The molecule has 0 saturated carbocycles. The highest BCUT2D eigenvalue weighted by Crippen LogP contribution is 2.46.